The second-order valence-electron chi connectivity index (χ2n) is 8.68. The molecule has 0 bridgehead atoms. The Morgan fingerprint density at radius 1 is 1.00 bits per heavy atom. The normalized spacial score (nSPS) is 15.7. The topological polar surface area (TPSA) is 68.4 Å². The van der Waals surface area contributed by atoms with E-state index in [1.54, 1.807) is 11.3 Å². The molecule has 0 aliphatic carbocycles. The van der Waals surface area contributed by atoms with Crippen LogP contribution in [0.1, 0.15) is 18.1 Å². The molecule has 0 radical (unpaired) electrons. The number of amides is 2. The van der Waals surface area contributed by atoms with Gasteiger partial charge in [0.15, 0.2) is 0 Å². The average Bonchev–Trinajstić information content (AvgIpc) is 3.43. The van der Waals surface area contributed by atoms with Crippen LogP contribution in [0, 0.1) is 0 Å². The van der Waals surface area contributed by atoms with E-state index in [1.165, 1.54) is 22.6 Å². The third-order valence-corrected chi connectivity index (χ3v) is 7.43. The monoisotopic (exact) mass is 460 g/mol. The molecule has 5 rings (SSSR count). The summed E-state index contributed by atoms with van der Waals surface area (Å²) in [5.41, 5.74) is 3.43. The number of H-pyrrole nitrogens is 1. The van der Waals surface area contributed by atoms with Gasteiger partial charge in [0, 0.05) is 67.9 Å². The Labute approximate surface area is 197 Å². The second-order valence-corrected chi connectivity index (χ2v) is 9.59. The summed E-state index contributed by atoms with van der Waals surface area (Å²) in [7, 11) is 0. The molecule has 2 aromatic heterocycles. The van der Waals surface area contributed by atoms with Crippen LogP contribution in [0.25, 0.3) is 21.0 Å². The van der Waals surface area contributed by atoms with E-state index in [9.17, 15) is 9.59 Å². The number of aromatic amines is 1. The Balaban J connectivity index is 1.24. The van der Waals surface area contributed by atoms with Crippen LogP contribution in [0.15, 0.2) is 60.1 Å². The van der Waals surface area contributed by atoms with Crippen molar-refractivity contribution in [1.29, 1.82) is 0 Å². The number of carbonyl (C=O) groups excluding carboxylic acids is 2. The fraction of sp³-hybridized carbons (Fsp3) is 0.308. The van der Waals surface area contributed by atoms with Gasteiger partial charge in [-0.1, -0.05) is 36.4 Å². The van der Waals surface area contributed by atoms with E-state index in [1.807, 2.05) is 35.4 Å². The van der Waals surface area contributed by atoms with Gasteiger partial charge in [-0.3, -0.25) is 14.5 Å². The van der Waals surface area contributed by atoms with Crippen molar-refractivity contribution in [2.75, 3.05) is 26.2 Å². The van der Waals surface area contributed by atoms with Crippen LogP contribution >= 0.6 is 11.3 Å². The molecule has 2 aromatic carbocycles. The molecule has 0 saturated carbocycles. The Kier molecular flexibility index (Phi) is 6.15. The summed E-state index contributed by atoms with van der Waals surface area (Å²) in [6, 6.07) is 16.0. The number of thiophene rings is 1. The fourth-order valence-corrected chi connectivity index (χ4v) is 5.66. The minimum atomic E-state index is -0.561. The van der Waals surface area contributed by atoms with Gasteiger partial charge >= 0.3 is 0 Å². The average molecular weight is 461 g/mol. The maximum Gasteiger partial charge on any atom is 0.245 e. The zero-order valence-electron chi connectivity index (χ0n) is 18.7. The van der Waals surface area contributed by atoms with Gasteiger partial charge in [0.05, 0.1) is 0 Å². The van der Waals surface area contributed by atoms with Gasteiger partial charge in [-0.25, -0.2) is 0 Å². The number of hydrogen-bond acceptors (Lipinski definition) is 4. The fourth-order valence-electron chi connectivity index (χ4n) is 4.71. The van der Waals surface area contributed by atoms with Crippen LogP contribution in [0.5, 0.6) is 0 Å². The van der Waals surface area contributed by atoms with Crippen molar-refractivity contribution in [3.05, 3.63) is 71.2 Å². The van der Waals surface area contributed by atoms with E-state index >= 15 is 0 Å². The number of nitrogens with one attached hydrogen (secondary N) is 2. The van der Waals surface area contributed by atoms with E-state index in [0.717, 1.165) is 36.1 Å². The van der Waals surface area contributed by atoms with E-state index in [-0.39, 0.29) is 11.8 Å². The Morgan fingerprint density at radius 2 is 1.73 bits per heavy atom. The smallest absolute Gasteiger partial charge is 0.245 e. The number of rotatable bonds is 6. The predicted octanol–water partition coefficient (Wildman–Crippen LogP) is 3.77. The largest absolute Gasteiger partial charge is 0.361 e. The molecule has 2 amide bonds. The lowest BCUT2D eigenvalue weighted by atomic mass is 10.0. The second kappa shape index (κ2) is 9.37. The van der Waals surface area contributed by atoms with Crippen LogP contribution < -0.4 is 5.32 Å². The van der Waals surface area contributed by atoms with Crippen LogP contribution in [0.3, 0.4) is 0 Å². The molecule has 1 aliphatic rings. The summed E-state index contributed by atoms with van der Waals surface area (Å²) in [5.74, 6) is -0.188. The molecule has 4 aromatic rings. The van der Waals surface area contributed by atoms with Gasteiger partial charge in [-0.15, -0.1) is 11.3 Å². The van der Waals surface area contributed by atoms with Crippen LogP contribution in [0.2, 0.25) is 0 Å². The summed E-state index contributed by atoms with van der Waals surface area (Å²) >= 11 is 1.79. The maximum atomic E-state index is 13.4. The van der Waals surface area contributed by atoms with Gasteiger partial charge < -0.3 is 15.2 Å². The Hall–Kier alpha value is -3.16. The summed E-state index contributed by atoms with van der Waals surface area (Å²) in [4.78, 5) is 32.8. The number of fused-ring (bicyclic) bond motifs is 2. The predicted molar refractivity (Wildman–Crippen MR) is 133 cm³/mol. The summed E-state index contributed by atoms with van der Waals surface area (Å²) < 4.78 is 1.32. The van der Waals surface area contributed by atoms with Crippen LogP contribution in [-0.2, 0) is 22.6 Å². The molecule has 3 heterocycles. The van der Waals surface area contributed by atoms with Crippen molar-refractivity contribution in [2.24, 2.45) is 0 Å². The molecule has 1 fully saturated rings. The third kappa shape index (κ3) is 4.65. The van der Waals surface area contributed by atoms with Gasteiger partial charge in [-0.05, 0) is 34.0 Å². The number of piperazine rings is 1. The zero-order chi connectivity index (χ0) is 22.8. The molecule has 1 aliphatic heterocycles. The van der Waals surface area contributed by atoms with E-state index in [0.29, 0.717) is 19.5 Å². The van der Waals surface area contributed by atoms with Crippen molar-refractivity contribution in [2.45, 2.75) is 25.9 Å². The summed E-state index contributed by atoms with van der Waals surface area (Å²) in [6.07, 6.45) is 2.42. The number of carbonyl (C=O) groups is 2. The molecular weight excluding hydrogens is 432 g/mol. The third-order valence-electron chi connectivity index (χ3n) is 6.41. The van der Waals surface area contributed by atoms with Gasteiger partial charge in [0.25, 0.3) is 0 Å². The van der Waals surface area contributed by atoms with Gasteiger partial charge in [0.2, 0.25) is 11.8 Å². The minimum Gasteiger partial charge on any atom is -0.361 e. The first-order valence-electron chi connectivity index (χ1n) is 11.4. The highest BCUT2D eigenvalue weighted by atomic mass is 32.1. The lowest BCUT2D eigenvalue weighted by Gasteiger charge is -2.36. The highest BCUT2D eigenvalue weighted by Crippen LogP contribution is 2.27. The van der Waals surface area contributed by atoms with E-state index in [2.05, 4.69) is 44.8 Å². The molecule has 170 valence electrons. The summed E-state index contributed by atoms with van der Waals surface area (Å²) in [5, 5.41) is 7.55. The van der Waals surface area contributed by atoms with Gasteiger partial charge in [-0.2, -0.15) is 0 Å². The molecular formula is C26H28N4O2S. The maximum absolute atomic E-state index is 13.4. The SMILES string of the molecule is CC(=O)N[C@@H](Cc1c[nH]c2ccccc12)C(=O)N1CCN(Cc2csc3ccccc23)CC1. The lowest BCUT2D eigenvalue weighted by Crippen LogP contribution is -2.55. The number of hydrogen-bond donors (Lipinski definition) is 2. The van der Waals surface area contributed by atoms with Crippen molar-refractivity contribution in [3.63, 3.8) is 0 Å². The minimum absolute atomic E-state index is 0.00360. The van der Waals surface area contributed by atoms with Crippen molar-refractivity contribution >= 4 is 44.1 Å². The molecule has 6 nitrogen and oxygen atoms in total. The first-order valence-corrected chi connectivity index (χ1v) is 12.2. The zero-order valence-corrected chi connectivity index (χ0v) is 19.5. The molecule has 1 saturated heterocycles. The van der Waals surface area contributed by atoms with E-state index in [4.69, 9.17) is 0 Å². The quantitative estimate of drug-likeness (QED) is 0.460. The van der Waals surface area contributed by atoms with Gasteiger partial charge in [0.1, 0.15) is 6.04 Å². The first-order chi connectivity index (χ1) is 16.1. The summed E-state index contributed by atoms with van der Waals surface area (Å²) in [6.45, 7) is 5.37. The number of para-hydroxylation sites is 1. The Morgan fingerprint density at radius 3 is 2.52 bits per heavy atom. The molecule has 2 N–H and O–H groups in total. The Bertz CT molecular complexity index is 1290. The highest BCUT2D eigenvalue weighted by Gasteiger charge is 2.29. The number of nitrogens with zero attached hydrogens (tertiary/aromatic N) is 2. The van der Waals surface area contributed by atoms with Crippen LogP contribution in [0.4, 0.5) is 0 Å². The first kappa shape index (κ1) is 21.7. The van der Waals surface area contributed by atoms with Crippen LogP contribution in [-0.4, -0.2) is 58.8 Å². The molecule has 33 heavy (non-hydrogen) atoms. The molecule has 0 spiro atoms. The molecule has 7 heteroatoms. The number of aromatic nitrogens is 1. The number of benzene rings is 2. The van der Waals surface area contributed by atoms with Crippen molar-refractivity contribution in [3.8, 4) is 0 Å². The molecule has 1 atom stereocenters. The highest BCUT2D eigenvalue weighted by molar-refractivity contribution is 7.17. The lowest BCUT2D eigenvalue weighted by molar-refractivity contribution is -0.137. The standard InChI is InChI=1S/C26H28N4O2S/c1-18(31)28-24(14-19-15-27-23-8-4-2-6-21(19)23)26(32)30-12-10-29(11-13-30)16-20-17-33-25-9-5-3-7-22(20)25/h2-9,15,17,24,27H,10-14,16H2,1H3,(H,28,31)/t24-/m0/s1. The van der Waals surface area contributed by atoms with Crippen molar-refractivity contribution < 1.29 is 9.59 Å². The van der Waals surface area contributed by atoms with Crippen molar-refractivity contribution in [1.82, 2.24) is 20.1 Å². The van der Waals surface area contributed by atoms with E-state index < -0.39 is 6.04 Å². The molecule has 0 unspecified atom stereocenters.